The van der Waals surface area contributed by atoms with E-state index in [4.69, 9.17) is 11.6 Å². The number of fused-ring (bicyclic) bond motifs is 1. The van der Waals surface area contributed by atoms with Crippen molar-refractivity contribution in [3.63, 3.8) is 0 Å². The van der Waals surface area contributed by atoms with Gasteiger partial charge >= 0.3 is 5.69 Å². The Morgan fingerprint density at radius 1 is 1.35 bits per heavy atom. The van der Waals surface area contributed by atoms with Crippen LogP contribution < -0.4 is 5.69 Å². The Bertz CT molecular complexity index is 893. The van der Waals surface area contributed by atoms with Crippen molar-refractivity contribution >= 4 is 22.8 Å². The predicted octanol–water partition coefficient (Wildman–Crippen LogP) is 3.30. The van der Waals surface area contributed by atoms with Crippen LogP contribution in [0.15, 0.2) is 35.3 Å². The molecule has 6 heteroatoms. The number of pyridine rings is 1. The molecule has 0 aliphatic rings. The first-order chi connectivity index (χ1) is 11.1. The standard InChI is InChI=1S/C17H18ClN3O2/c1-3-12(9-22)21-15-14(11-6-4-10(2)5-7-11)13(18)8-19-16(15)20-17(21)23/h4-8,12,22H,3,9H2,1-2H3,(H,19,20,23)/t12-/m0/s1. The Labute approximate surface area is 138 Å². The van der Waals surface area contributed by atoms with Crippen molar-refractivity contribution in [3.8, 4) is 11.1 Å². The number of nitrogens with zero attached hydrogens (tertiary/aromatic N) is 2. The number of rotatable bonds is 4. The Balaban J connectivity index is 2.38. The van der Waals surface area contributed by atoms with Crippen molar-refractivity contribution < 1.29 is 5.11 Å². The number of benzene rings is 1. The number of nitrogens with one attached hydrogen (secondary N) is 1. The van der Waals surface area contributed by atoms with E-state index >= 15 is 0 Å². The Morgan fingerprint density at radius 2 is 2.04 bits per heavy atom. The molecule has 0 radical (unpaired) electrons. The van der Waals surface area contributed by atoms with Crippen LogP contribution in [0.2, 0.25) is 5.02 Å². The quantitative estimate of drug-likeness (QED) is 0.770. The molecule has 0 spiro atoms. The van der Waals surface area contributed by atoms with Crippen LogP contribution in [0.5, 0.6) is 0 Å². The minimum Gasteiger partial charge on any atom is -0.394 e. The number of halogens is 1. The van der Waals surface area contributed by atoms with Crippen LogP contribution in [0, 0.1) is 6.92 Å². The van der Waals surface area contributed by atoms with Crippen molar-refractivity contribution in [3.05, 3.63) is 51.5 Å². The summed E-state index contributed by atoms with van der Waals surface area (Å²) in [6, 6.07) is 7.61. The van der Waals surface area contributed by atoms with Gasteiger partial charge in [0.05, 0.1) is 23.2 Å². The maximum atomic E-state index is 12.4. The van der Waals surface area contributed by atoms with E-state index in [9.17, 15) is 9.90 Å². The molecule has 2 aromatic heterocycles. The average Bonchev–Trinajstić information content (AvgIpc) is 2.87. The number of aliphatic hydroxyl groups is 1. The van der Waals surface area contributed by atoms with E-state index < -0.39 is 0 Å². The first-order valence-electron chi connectivity index (χ1n) is 7.53. The van der Waals surface area contributed by atoms with E-state index in [1.54, 1.807) is 10.8 Å². The molecule has 0 unspecified atom stereocenters. The molecule has 1 aromatic carbocycles. The van der Waals surface area contributed by atoms with Gasteiger partial charge in [0.15, 0.2) is 5.65 Å². The molecule has 0 aliphatic carbocycles. The normalized spacial score (nSPS) is 12.7. The predicted molar refractivity (Wildman–Crippen MR) is 92.0 cm³/mol. The van der Waals surface area contributed by atoms with Gasteiger partial charge in [-0.15, -0.1) is 0 Å². The van der Waals surface area contributed by atoms with Crippen LogP contribution in [-0.4, -0.2) is 26.2 Å². The fourth-order valence-corrected chi connectivity index (χ4v) is 3.05. The zero-order valence-corrected chi connectivity index (χ0v) is 13.8. The third kappa shape index (κ3) is 2.66. The molecular weight excluding hydrogens is 314 g/mol. The van der Waals surface area contributed by atoms with Crippen molar-refractivity contribution in [2.75, 3.05) is 6.61 Å². The molecule has 5 nitrogen and oxygen atoms in total. The Morgan fingerprint density at radius 3 is 2.65 bits per heavy atom. The summed E-state index contributed by atoms with van der Waals surface area (Å²) < 4.78 is 1.56. The molecule has 1 atom stereocenters. The summed E-state index contributed by atoms with van der Waals surface area (Å²) in [5.74, 6) is 0. The molecule has 0 fully saturated rings. The number of aryl methyl sites for hydroxylation is 1. The topological polar surface area (TPSA) is 70.9 Å². The van der Waals surface area contributed by atoms with Crippen LogP contribution >= 0.6 is 11.6 Å². The third-order valence-corrected chi connectivity index (χ3v) is 4.37. The van der Waals surface area contributed by atoms with Crippen LogP contribution in [-0.2, 0) is 0 Å². The van der Waals surface area contributed by atoms with Gasteiger partial charge in [-0.05, 0) is 18.9 Å². The first-order valence-corrected chi connectivity index (χ1v) is 7.91. The average molecular weight is 332 g/mol. The van der Waals surface area contributed by atoms with Gasteiger partial charge < -0.3 is 5.11 Å². The molecule has 0 amide bonds. The smallest absolute Gasteiger partial charge is 0.328 e. The number of hydrogen-bond donors (Lipinski definition) is 2. The summed E-state index contributed by atoms with van der Waals surface area (Å²) in [5, 5.41) is 10.1. The summed E-state index contributed by atoms with van der Waals surface area (Å²) >= 11 is 6.40. The van der Waals surface area contributed by atoms with Crippen LogP contribution in [0.4, 0.5) is 0 Å². The fraction of sp³-hybridized carbons (Fsp3) is 0.294. The highest BCUT2D eigenvalue weighted by Gasteiger charge is 2.21. The summed E-state index contributed by atoms with van der Waals surface area (Å²) in [7, 11) is 0. The molecule has 3 rings (SSSR count). The highest BCUT2D eigenvalue weighted by Crippen LogP contribution is 2.34. The molecule has 2 N–H and O–H groups in total. The molecular formula is C17H18ClN3O2. The number of H-pyrrole nitrogens is 1. The van der Waals surface area contributed by atoms with Gasteiger partial charge in [-0.2, -0.15) is 0 Å². The molecule has 0 saturated carbocycles. The molecule has 0 bridgehead atoms. The number of aliphatic hydroxyl groups excluding tert-OH is 1. The molecule has 0 saturated heterocycles. The molecule has 120 valence electrons. The van der Waals surface area contributed by atoms with E-state index in [0.29, 0.717) is 22.6 Å². The van der Waals surface area contributed by atoms with Crippen molar-refractivity contribution in [1.29, 1.82) is 0 Å². The number of hydrogen-bond acceptors (Lipinski definition) is 3. The minimum atomic E-state index is -0.319. The number of aromatic amines is 1. The minimum absolute atomic E-state index is 0.122. The highest BCUT2D eigenvalue weighted by molar-refractivity contribution is 6.34. The lowest BCUT2D eigenvalue weighted by Crippen LogP contribution is -2.24. The van der Waals surface area contributed by atoms with Gasteiger partial charge in [-0.25, -0.2) is 9.78 Å². The zero-order valence-electron chi connectivity index (χ0n) is 13.0. The number of imidazole rings is 1. The van der Waals surface area contributed by atoms with Gasteiger partial charge in [-0.3, -0.25) is 9.55 Å². The van der Waals surface area contributed by atoms with E-state index in [1.807, 2.05) is 38.1 Å². The SMILES string of the molecule is CC[C@@H](CO)n1c(=O)[nH]c2ncc(Cl)c(-c3ccc(C)cc3)c21. The molecule has 3 aromatic rings. The van der Waals surface area contributed by atoms with Gasteiger partial charge in [0, 0.05) is 11.8 Å². The Kier molecular flexibility index (Phi) is 4.24. The lowest BCUT2D eigenvalue weighted by Gasteiger charge is -2.16. The fourth-order valence-electron chi connectivity index (χ4n) is 2.80. The second kappa shape index (κ2) is 6.18. The first kappa shape index (κ1) is 15.8. The van der Waals surface area contributed by atoms with Crippen molar-refractivity contribution in [2.45, 2.75) is 26.3 Å². The second-order valence-electron chi connectivity index (χ2n) is 5.59. The summed E-state index contributed by atoms with van der Waals surface area (Å²) in [4.78, 5) is 19.3. The van der Waals surface area contributed by atoms with Gasteiger partial charge in [0.2, 0.25) is 0 Å². The largest absolute Gasteiger partial charge is 0.394 e. The van der Waals surface area contributed by atoms with E-state index in [0.717, 1.165) is 16.7 Å². The molecule has 23 heavy (non-hydrogen) atoms. The van der Waals surface area contributed by atoms with Crippen molar-refractivity contribution in [2.24, 2.45) is 0 Å². The zero-order chi connectivity index (χ0) is 16.6. The summed E-state index contributed by atoms with van der Waals surface area (Å²) in [6.07, 6.45) is 2.17. The maximum Gasteiger partial charge on any atom is 0.328 e. The third-order valence-electron chi connectivity index (χ3n) is 4.08. The summed E-state index contributed by atoms with van der Waals surface area (Å²) in [5.41, 5.74) is 3.62. The molecule has 0 aliphatic heterocycles. The second-order valence-corrected chi connectivity index (χ2v) is 6.00. The van der Waals surface area contributed by atoms with E-state index in [-0.39, 0.29) is 18.3 Å². The number of aromatic nitrogens is 3. The van der Waals surface area contributed by atoms with E-state index in [1.165, 1.54) is 0 Å². The van der Waals surface area contributed by atoms with Gasteiger partial charge in [0.25, 0.3) is 0 Å². The van der Waals surface area contributed by atoms with E-state index in [2.05, 4.69) is 9.97 Å². The van der Waals surface area contributed by atoms with Crippen molar-refractivity contribution in [1.82, 2.24) is 14.5 Å². The molecule has 2 heterocycles. The van der Waals surface area contributed by atoms with Gasteiger partial charge in [-0.1, -0.05) is 48.4 Å². The highest BCUT2D eigenvalue weighted by atomic mass is 35.5. The lowest BCUT2D eigenvalue weighted by atomic mass is 10.0. The van der Waals surface area contributed by atoms with Crippen LogP contribution in [0.3, 0.4) is 0 Å². The Hall–Kier alpha value is -2.11. The van der Waals surface area contributed by atoms with Crippen LogP contribution in [0.1, 0.15) is 24.9 Å². The summed E-state index contributed by atoms with van der Waals surface area (Å²) in [6.45, 7) is 3.82. The van der Waals surface area contributed by atoms with Crippen LogP contribution in [0.25, 0.3) is 22.3 Å². The monoisotopic (exact) mass is 331 g/mol. The lowest BCUT2D eigenvalue weighted by molar-refractivity contribution is 0.225. The van der Waals surface area contributed by atoms with Gasteiger partial charge in [0.1, 0.15) is 0 Å². The maximum absolute atomic E-state index is 12.4.